The van der Waals surface area contributed by atoms with Gasteiger partial charge in [0.15, 0.2) is 0 Å². The standard InChI is InChI=1S/C12H18FNO2/c1-9-3-4-10(13)7-11(9)12(8-14)16-6-2-5-15/h3-4,7,12,15H,2,5-6,8,14H2,1H3. The van der Waals surface area contributed by atoms with Crippen LogP contribution in [0, 0.1) is 12.7 Å². The largest absolute Gasteiger partial charge is 0.396 e. The highest BCUT2D eigenvalue weighted by atomic mass is 19.1. The van der Waals surface area contributed by atoms with Crippen molar-refractivity contribution < 1.29 is 14.2 Å². The Kier molecular flexibility index (Phi) is 5.38. The van der Waals surface area contributed by atoms with Crippen LogP contribution >= 0.6 is 0 Å². The quantitative estimate of drug-likeness (QED) is 0.725. The van der Waals surface area contributed by atoms with Crippen LogP contribution in [0.4, 0.5) is 4.39 Å². The fourth-order valence-corrected chi connectivity index (χ4v) is 1.53. The number of hydrogen-bond donors (Lipinski definition) is 2. The Morgan fingerprint density at radius 1 is 1.50 bits per heavy atom. The van der Waals surface area contributed by atoms with E-state index < -0.39 is 0 Å². The van der Waals surface area contributed by atoms with Gasteiger partial charge >= 0.3 is 0 Å². The van der Waals surface area contributed by atoms with Crippen molar-refractivity contribution in [3.05, 3.63) is 35.1 Å². The van der Waals surface area contributed by atoms with Gasteiger partial charge in [-0.3, -0.25) is 0 Å². The molecule has 90 valence electrons. The normalized spacial score (nSPS) is 12.8. The van der Waals surface area contributed by atoms with Crippen LogP contribution in [0.5, 0.6) is 0 Å². The minimum absolute atomic E-state index is 0.0828. The molecule has 1 atom stereocenters. The molecule has 4 heteroatoms. The predicted octanol–water partition coefficient (Wildman–Crippen LogP) is 1.53. The number of aliphatic hydroxyl groups excluding tert-OH is 1. The van der Waals surface area contributed by atoms with Crippen LogP contribution in [0.15, 0.2) is 18.2 Å². The van der Waals surface area contributed by atoms with E-state index in [0.717, 1.165) is 11.1 Å². The zero-order chi connectivity index (χ0) is 12.0. The molecule has 0 radical (unpaired) electrons. The van der Waals surface area contributed by atoms with E-state index in [1.165, 1.54) is 12.1 Å². The molecule has 0 bridgehead atoms. The summed E-state index contributed by atoms with van der Waals surface area (Å²) >= 11 is 0. The zero-order valence-corrected chi connectivity index (χ0v) is 9.45. The molecular formula is C12H18FNO2. The van der Waals surface area contributed by atoms with Crippen molar-refractivity contribution in [1.29, 1.82) is 0 Å². The van der Waals surface area contributed by atoms with Crippen LogP contribution in [0.2, 0.25) is 0 Å². The molecule has 16 heavy (non-hydrogen) atoms. The summed E-state index contributed by atoms with van der Waals surface area (Å²) in [6.07, 6.45) is 0.257. The summed E-state index contributed by atoms with van der Waals surface area (Å²) in [7, 11) is 0. The van der Waals surface area contributed by atoms with Gasteiger partial charge in [-0.2, -0.15) is 0 Å². The highest BCUT2D eigenvalue weighted by Crippen LogP contribution is 2.21. The van der Waals surface area contributed by atoms with E-state index in [0.29, 0.717) is 19.6 Å². The average molecular weight is 227 g/mol. The van der Waals surface area contributed by atoms with Crippen molar-refractivity contribution in [2.75, 3.05) is 19.8 Å². The monoisotopic (exact) mass is 227 g/mol. The lowest BCUT2D eigenvalue weighted by atomic mass is 10.0. The minimum Gasteiger partial charge on any atom is -0.396 e. The molecule has 1 aromatic carbocycles. The Bertz CT molecular complexity index is 331. The molecule has 1 aromatic rings. The first kappa shape index (κ1) is 13.1. The van der Waals surface area contributed by atoms with Gasteiger partial charge in [0.1, 0.15) is 5.82 Å². The van der Waals surface area contributed by atoms with E-state index in [4.69, 9.17) is 15.6 Å². The molecule has 0 aliphatic heterocycles. The van der Waals surface area contributed by atoms with Gasteiger partial charge in [-0.25, -0.2) is 4.39 Å². The second-order valence-corrected chi connectivity index (χ2v) is 3.67. The number of ether oxygens (including phenoxy) is 1. The van der Waals surface area contributed by atoms with Crippen LogP contribution in [0.1, 0.15) is 23.7 Å². The third-order valence-corrected chi connectivity index (χ3v) is 2.42. The lowest BCUT2D eigenvalue weighted by Crippen LogP contribution is -2.18. The molecule has 0 aliphatic rings. The van der Waals surface area contributed by atoms with Crippen molar-refractivity contribution in [3.63, 3.8) is 0 Å². The first-order chi connectivity index (χ1) is 7.69. The van der Waals surface area contributed by atoms with E-state index in [1.54, 1.807) is 6.07 Å². The zero-order valence-electron chi connectivity index (χ0n) is 9.45. The highest BCUT2D eigenvalue weighted by Gasteiger charge is 2.13. The van der Waals surface area contributed by atoms with Gasteiger partial charge in [0, 0.05) is 19.8 Å². The second kappa shape index (κ2) is 6.58. The third-order valence-electron chi connectivity index (χ3n) is 2.42. The predicted molar refractivity (Wildman–Crippen MR) is 60.6 cm³/mol. The average Bonchev–Trinajstić information content (AvgIpc) is 2.28. The SMILES string of the molecule is Cc1ccc(F)cc1C(CN)OCCCO. The van der Waals surface area contributed by atoms with Crippen LogP contribution < -0.4 is 5.73 Å². The number of halogens is 1. The van der Waals surface area contributed by atoms with Gasteiger partial charge in [-0.05, 0) is 36.6 Å². The van der Waals surface area contributed by atoms with Crippen molar-refractivity contribution in [2.24, 2.45) is 5.73 Å². The summed E-state index contributed by atoms with van der Waals surface area (Å²) in [5.74, 6) is -0.287. The van der Waals surface area contributed by atoms with Crippen molar-refractivity contribution in [2.45, 2.75) is 19.4 Å². The molecule has 1 unspecified atom stereocenters. The molecule has 0 fully saturated rings. The molecular weight excluding hydrogens is 209 g/mol. The number of nitrogens with two attached hydrogens (primary N) is 1. The number of aryl methyl sites for hydroxylation is 1. The Morgan fingerprint density at radius 3 is 2.88 bits per heavy atom. The number of benzene rings is 1. The van der Waals surface area contributed by atoms with Crippen LogP contribution in [-0.2, 0) is 4.74 Å². The molecule has 0 amide bonds. The van der Waals surface area contributed by atoms with Gasteiger partial charge < -0.3 is 15.6 Å². The second-order valence-electron chi connectivity index (χ2n) is 3.67. The van der Waals surface area contributed by atoms with E-state index in [1.807, 2.05) is 6.92 Å². The Labute approximate surface area is 95.0 Å². The Morgan fingerprint density at radius 2 is 2.25 bits per heavy atom. The lowest BCUT2D eigenvalue weighted by Gasteiger charge is -2.18. The molecule has 3 N–H and O–H groups in total. The first-order valence-corrected chi connectivity index (χ1v) is 5.37. The summed E-state index contributed by atoms with van der Waals surface area (Å²) in [5.41, 5.74) is 7.33. The fraction of sp³-hybridized carbons (Fsp3) is 0.500. The minimum atomic E-state index is -0.303. The topological polar surface area (TPSA) is 55.5 Å². The Balaban J connectivity index is 2.73. The third kappa shape index (κ3) is 3.56. The summed E-state index contributed by atoms with van der Waals surface area (Å²) < 4.78 is 18.6. The van der Waals surface area contributed by atoms with Crippen molar-refractivity contribution >= 4 is 0 Å². The van der Waals surface area contributed by atoms with Crippen LogP contribution in [0.25, 0.3) is 0 Å². The molecule has 0 saturated carbocycles. The highest BCUT2D eigenvalue weighted by molar-refractivity contribution is 5.28. The molecule has 0 aliphatic carbocycles. The maximum absolute atomic E-state index is 13.1. The molecule has 3 nitrogen and oxygen atoms in total. The Hall–Kier alpha value is -0.970. The number of hydrogen-bond acceptors (Lipinski definition) is 3. The molecule has 1 rings (SSSR count). The van der Waals surface area contributed by atoms with Gasteiger partial charge in [0.2, 0.25) is 0 Å². The summed E-state index contributed by atoms with van der Waals surface area (Å²) in [6.45, 7) is 2.70. The summed E-state index contributed by atoms with van der Waals surface area (Å²) in [6, 6.07) is 4.58. The fourth-order valence-electron chi connectivity index (χ4n) is 1.53. The molecule has 0 aromatic heterocycles. The molecule has 0 heterocycles. The number of aliphatic hydroxyl groups is 1. The summed E-state index contributed by atoms with van der Waals surface area (Å²) in [5, 5.41) is 8.65. The van der Waals surface area contributed by atoms with E-state index in [-0.39, 0.29) is 18.5 Å². The lowest BCUT2D eigenvalue weighted by molar-refractivity contribution is 0.0483. The maximum Gasteiger partial charge on any atom is 0.123 e. The maximum atomic E-state index is 13.1. The smallest absolute Gasteiger partial charge is 0.123 e. The van der Waals surface area contributed by atoms with Gasteiger partial charge in [-0.1, -0.05) is 6.07 Å². The van der Waals surface area contributed by atoms with Crippen molar-refractivity contribution in [1.82, 2.24) is 0 Å². The van der Waals surface area contributed by atoms with Crippen molar-refractivity contribution in [3.8, 4) is 0 Å². The first-order valence-electron chi connectivity index (χ1n) is 5.37. The van der Waals surface area contributed by atoms with Gasteiger partial charge in [-0.15, -0.1) is 0 Å². The van der Waals surface area contributed by atoms with E-state index in [9.17, 15) is 4.39 Å². The molecule has 0 saturated heterocycles. The van der Waals surface area contributed by atoms with Crippen LogP contribution in [0.3, 0.4) is 0 Å². The van der Waals surface area contributed by atoms with E-state index in [2.05, 4.69) is 0 Å². The van der Waals surface area contributed by atoms with E-state index >= 15 is 0 Å². The summed E-state index contributed by atoms with van der Waals surface area (Å²) in [4.78, 5) is 0. The number of rotatable bonds is 6. The van der Waals surface area contributed by atoms with Gasteiger partial charge in [0.25, 0.3) is 0 Å². The molecule has 0 spiro atoms. The van der Waals surface area contributed by atoms with Crippen LogP contribution in [-0.4, -0.2) is 24.9 Å². The van der Waals surface area contributed by atoms with Gasteiger partial charge in [0.05, 0.1) is 6.10 Å².